The van der Waals surface area contributed by atoms with Crippen molar-refractivity contribution in [3.8, 4) is 0 Å². The van der Waals surface area contributed by atoms with Crippen LogP contribution < -0.4 is 5.32 Å². The first-order valence-corrected chi connectivity index (χ1v) is 7.65. The number of allylic oxidation sites excluding steroid dienone is 1. The minimum atomic E-state index is 0.379. The van der Waals surface area contributed by atoms with E-state index in [9.17, 15) is 0 Å². The third-order valence-electron chi connectivity index (χ3n) is 4.24. The fourth-order valence-corrected chi connectivity index (χ4v) is 2.99. The zero-order chi connectivity index (χ0) is 13.7. The molecule has 4 nitrogen and oxygen atoms in total. The SMILES string of the molecule is CCNC(CC1CN(C)CCN1C)C1=CCCCO1. The standard InChI is InChI=1S/C15H29N3O/c1-4-16-14(15-7-5-6-10-19-15)11-13-12-17(2)8-9-18(13)3/h7,13-14,16H,4-6,8-12H2,1-3H3. The molecule has 1 saturated heterocycles. The maximum Gasteiger partial charge on any atom is 0.109 e. The summed E-state index contributed by atoms with van der Waals surface area (Å²) in [5, 5.41) is 3.60. The molecule has 2 rings (SSSR count). The molecule has 0 aromatic heterocycles. The minimum Gasteiger partial charge on any atom is -0.497 e. The Morgan fingerprint density at radius 1 is 1.42 bits per heavy atom. The molecule has 2 aliphatic rings. The molecule has 0 spiro atoms. The Morgan fingerprint density at radius 2 is 2.26 bits per heavy atom. The van der Waals surface area contributed by atoms with Crippen molar-refractivity contribution in [1.82, 2.24) is 15.1 Å². The summed E-state index contributed by atoms with van der Waals surface area (Å²) in [7, 11) is 4.47. The number of likely N-dealkylation sites (N-methyl/N-ethyl adjacent to an activating group) is 3. The predicted octanol–water partition coefficient (Wildman–Crippen LogP) is 1.29. The van der Waals surface area contributed by atoms with Gasteiger partial charge in [0.1, 0.15) is 5.76 Å². The Bertz CT molecular complexity index is 306. The van der Waals surface area contributed by atoms with Gasteiger partial charge in [-0.2, -0.15) is 0 Å². The van der Waals surface area contributed by atoms with Gasteiger partial charge in [0.15, 0.2) is 0 Å². The molecule has 1 fully saturated rings. The van der Waals surface area contributed by atoms with E-state index in [2.05, 4.69) is 42.2 Å². The molecule has 2 aliphatic heterocycles. The van der Waals surface area contributed by atoms with Gasteiger partial charge in [0.2, 0.25) is 0 Å². The van der Waals surface area contributed by atoms with Crippen molar-refractivity contribution in [2.75, 3.05) is 46.9 Å². The molecular formula is C15H29N3O. The summed E-state index contributed by atoms with van der Waals surface area (Å²) >= 11 is 0. The number of hydrogen-bond donors (Lipinski definition) is 1. The molecular weight excluding hydrogens is 238 g/mol. The quantitative estimate of drug-likeness (QED) is 0.812. The first-order chi connectivity index (χ1) is 9.20. The summed E-state index contributed by atoms with van der Waals surface area (Å²) < 4.78 is 5.86. The van der Waals surface area contributed by atoms with Gasteiger partial charge in [-0.15, -0.1) is 0 Å². The van der Waals surface area contributed by atoms with E-state index in [1.165, 1.54) is 18.8 Å². The average molecular weight is 267 g/mol. The van der Waals surface area contributed by atoms with Crippen molar-refractivity contribution < 1.29 is 4.74 Å². The summed E-state index contributed by atoms with van der Waals surface area (Å²) in [5.74, 6) is 1.18. The second-order valence-corrected chi connectivity index (χ2v) is 5.84. The minimum absolute atomic E-state index is 0.379. The van der Waals surface area contributed by atoms with E-state index in [0.29, 0.717) is 12.1 Å². The smallest absolute Gasteiger partial charge is 0.109 e. The summed E-state index contributed by atoms with van der Waals surface area (Å²) in [5.41, 5.74) is 0. The lowest BCUT2D eigenvalue weighted by Gasteiger charge is -2.40. The van der Waals surface area contributed by atoms with E-state index in [4.69, 9.17) is 4.74 Å². The normalized spacial score (nSPS) is 27.7. The fourth-order valence-electron chi connectivity index (χ4n) is 2.99. The summed E-state index contributed by atoms with van der Waals surface area (Å²) in [4.78, 5) is 4.93. The average Bonchev–Trinajstić information content (AvgIpc) is 2.43. The summed E-state index contributed by atoms with van der Waals surface area (Å²) in [6.45, 7) is 7.56. The molecule has 0 saturated carbocycles. The Balaban J connectivity index is 1.96. The van der Waals surface area contributed by atoms with Crippen LogP contribution in [0.15, 0.2) is 11.8 Å². The van der Waals surface area contributed by atoms with E-state index >= 15 is 0 Å². The first-order valence-electron chi connectivity index (χ1n) is 7.65. The number of piperazine rings is 1. The van der Waals surface area contributed by atoms with Crippen LogP contribution in [0.1, 0.15) is 26.2 Å². The third-order valence-corrected chi connectivity index (χ3v) is 4.24. The van der Waals surface area contributed by atoms with Gasteiger partial charge < -0.3 is 19.9 Å². The number of ether oxygens (including phenoxy) is 1. The highest BCUT2D eigenvalue weighted by atomic mass is 16.5. The van der Waals surface area contributed by atoms with E-state index < -0.39 is 0 Å². The van der Waals surface area contributed by atoms with Crippen LogP contribution in [0.4, 0.5) is 0 Å². The molecule has 0 bridgehead atoms. The third kappa shape index (κ3) is 4.20. The first kappa shape index (κ1) is 14.8. The van der Waals surface area contributed by atoms with Gasteiger partial charge in [-0.25, -0.2) is 0 Å². The van der Waals surface area contributed by atoms with Gasteiger partial charge >= 0.3 is 0 Å². The van der Waals surface area contributed by atoms with Crippen LogP contribution in [0, 0.1) is 0 Å². The fraction of sp³-hybridized carbons (Fsp3) is 0.867. The molecule has 2 atom stereocenters. The molecule has 0 aliphatic carbocycles. The lowest BCUT2D eigenvalue weighted by molar-refractivity contribution is 0.0920. The number of nitrogens with one attached hydrogen (secondary N) is 1. The largest absolute Gasteiger partial charge is 0.497 e. The summed E-state index contributed by atoms with van der Waals surface area (Å²) in [6, 6.07) is 0.999. The van der Waals surface area contributed by atoms with Gasteiger partial charge in [-0.3, -0.25) is 0 Å². The summed E-state index contributed by atoms with van der Waals surface area (Å²) in [6.07, 6.45) is 5.75. The van der Waals surface area contributed by atoms with Gasteiger partial charge in [0.25, 0.3) is 0 Å². The second-order valence-electron chi connectivity index (χ2n) is 5.84. The van der Waals surface area contributed by atoms with Crippen molar-refractivity contribution in [1.29, 1.82) is 0 Å². The monoisotopic (exact) mass is 267 g/mol. The second kappa shape index (κ2) is 7.27. The maximum absolute atomic E-state index is 5.86. The Hall–Kier alpha value is -0.580. The van der Waals surface area contributed by atoms with Crippen molar-refractivity contribution >= 4 is 0 Å². The molecule has 4 heteroatoms. The van der Waals surface area contributed by atoms with Crippen LogP contribution in [0.2, 0.25) is 0 Å². The molecule has 2 unspecified atom stereocenters. The van der Waals surface area contributed by atoms with Gasteiger partial charge in [0.05, 0.1) is 12.6 Å². The Labute approximate surface area is 117 Å². The number of rotatable bonds is 5. The lowest BCUT2D eigenvalue weighted by Crippen LogP contribution is -2.52. The van der Waals surface area contributed by atoms with Crippen LogP contribution in [0.25, 0.3) is 0 Å². The van der Waals surface area contributed by atoms with Crippen LogP contribution in [-0.2, 0) is 4.74 Å². The molecule has 0 amide bonds. The molecule has 1 N–H and O–H groups in total. The van der Waals surface area contributed by atoms with E-state index in [1.54, 1.807) is 0 Å². The van der Waals surface area contributed by atoms with Gasteiger partial charge in [-0.1, -0.05) is 6.92 Å². The highest BCUT2D eigenvalue weighted by Gasteiger charge is 2.27. The zero-order valence-corrected chi connectivity index (χ0v) is 12.7. The van der Waals surface area contributed by atoms with E-state index in [0.717, 1.165) is 39.0 Å². The van der Waals surface area contributed by atoms with Crippen LogP contribution >= 0.6 is 0 Å². The lowest BCUT2D eigenvalue weighted by atomic mass is 10.00. The Morgan fingerprint density at radius 3 is 2.95 bits per heavy atom. The maximum atomic E-state index is 5.86. The molecule has 19 heavy (non-hydrogen) atoms. The van der Waals surface area contributed by atoms with Crippen molar-refractivity contribution in [3.05, 3.63) is 11.8 Å². The highest BCUT2D eigenvalue weighted by molar-refractivity contribution is 5.07. The van der Waals surface area contributed by atoms with Crippen molar-refractivity contribution in [3.63, 3.8) is 0 Å². The van der Waals surface area contributed by atoms with Crippen molar-refractivity contribution in [2.45, 2.75) is 38.3 Å². The van der Waals surface area contributed by atoms with E-state index in [-0.39, 0.29) is 0 Å². The van der Waals surface area contributed by atoms with Crippen LogP contribution in [0.5, 0.6) is 0 Å². The molecule has 2 heterocycles. The highest BCUT2D eigenvalue weighted by Crippen LogP contribution is 2.20. The van der Waals surface area contributed by atoms with Crippen LogP contribution in [-0.4, -0.2) is 68.8 Å². The van der Waals surface area contributed by atoms with Gasteiger partial charge in [-0.05, 0) is 46.0 Å². The topological polar surface area (TPSA) is 27.7 Å². The molecule has 0 aromatic carbocycles. The zero-order valence-electron chi connectivity index (χ0n) is 12.7. The predicted molar refractivity (Wildman–Crippen MR) is 79.3 cm³/mol. The van der Waals surface area contributed by atoms with Gasteiger partial charge in [0, 0.05) is 25.7 Å². The number of nitrogens with zero attached hydrogens (tertiary/aromatic N) is 2. The molecule has 110 valence electrons. The number of hydrogen-bond acceptors (Lipinski definition) is 4. The van der Waals surface area contributed by atoms with Crippen molar-refractivity contribution in [2.24, 2.45) is 0 Å². The van der Waals surface area contributed by atoms with Crippen LogP contribution in [0.3, 0.4) is 0 Å². The van der Waals surface area contributed by atoms with E-state index in [1.807, 2.05) is 0 Å². The molecule has 0 aromatic rings. The Kier molecular flexibility index (Phi) is 5.67. The molecule has 0 radical (unpaired) electrons.